The SMILES string of the molecule is CCCSCC#CCCl. The first-order valence-electron chi connectivity index (χ1n) is 3.01. The summed E-state index contributed by atoms with van der Waals surface area (Å²) in [5, 5.41) is 0. The van der Waals surface area contributed by atoms with Crippen molar-refractivity contribution >= 4 is 23.4 Å². The standard InChI is InChI=1S/C7H11ClS/c1-2-6-9-7-4-3-5-8/h2,5-7H2,1H3. The van der Waals surface area contributed by atoms with E-state index in [0.29, 0.717) is 5.88 Å². The highest BCUT2D eigenvalue weighted by Crippen LogP contribution is 1.98. The first kappa shape index (κ1) is 9.20. The quantitative estimate of drug-likeness (QED) is 0.349. The zero-order chi connectivity index (χ0) is 6.95. The number of rotatable bonds is 3. The molecule has 0 rings (SSSR count). The van der Waals surface area contributed by atoms with Crippen molar-refractivity contribution < 1.29 is 0 Å². The molecule has 0 aromatic rings. The van der Waals surface area contributed by atoms with E-state index in [4.69, 9.17) is 11.6 Å². The van der Waals surface area contributed by atoms with Crippen molar-refractivity contribution in [1.82, 2.24) is 0 Å². The number of hydrogen-bond donors (Lipinski definition) is 0. The molecule has 0 N–H and O–H groups in total. The molecule has 0 amide bonds. The Morgan fingerprint density at radius 1 is 1.44 bits per heavy atom. The average Bonchev–Trinajstić information content (AvgIpc) is 1.89. The van der Waals surface area contributed by atoms with E-state index in [0.717, 1.165) is 5.75 Å². The molecule has 0 fully saturated rings. The zero-order valence-electron chi connectivity index (χ0n) is 5.61. The Bertz CT molecular complexity index is 101. The second-order valence-corrected chi connectivity index (χ2v) is 2.91. The van der Waals surface area contributed by atoms with Gasteiger partial charge in [-0.3, -0.25) is 0 Å². The molecule has 0 nitrogen and oxygen atoms in total. The Kier molecular flexibility index (Phi) is 8.38. The fourth-order valence-corrected chi connectivity index (χ4v) is 1.10. The van der Waals surface area contributed by atoms with Gasteiger partial charge in [-0.05, 0) is 12.2 Å². The summed E-state index contributed by atoms with van der Waals surface area (Å²) in [6.45, 7) is 2.17. The molecule has 0 aromatic heterocycles. The molecule has 0 aliphatic heterocycles. The molecule has 0 atom stereocenters. The molecular formula is C7H11ClS. The van der Waals surface area contributed by atoms with E-state index >= 15 is 0 Å². The van der Waals surface area contributed by atoms with Gasteiger partial charge in [0.2, 0.25) is 0 Å². The molecule has 0 saturated carbocycles. The molecule has 0 aliphatic rings. The molecule has 0 aromatic carbocycles. The maximum Gasteiger partial charge on any atom is 0.0835 e. The lowest BCUT2D eigenvalue weighted by Crippen LogP contribution is -1.76. The van der Waals surface area contributed by atoms with Crippen molar-refractivity contribution in [2.45, 2.75) is 13.3 Å². The molecule has 0 saturated heterocycles. The van der Waals surface area contributed by atoms with Crippen LogP contribution in [-0.4, -0.2) is 17.4 Å². The van der Waals surface area contributed by atoms with Crippen LogP contribution in [-0.2, 0) is 0 Å². The van der Waals surface area contributed by atoms with Gasteiger partial charge in [0.1, 0.15) is 0 Å². The fourth-order valence-electron chi connectivity index (χ4n) is 0.366. The van der Waals surface area contributed by atoms with Crippen molar-refractivity contribution in [3.8, 4) is 11.8 Å². The van der Waals surface area contributed by atoms with Crippen molar-refractivity contribution in [3.05, 3.63) is 0 Å². The second-order valence-electron chi connectivity index (χ2n) is 1.54. The number of alkyl halides is 1. The summed E-state index contributed by atoms with van der Waals surface area (Å²) in [5.41, 5.74) is 0. The van der Waals surface area contributed by atoms with Crippen LogP contribution in [0.25, 0.3) is 0 Å². The van der Waals surface area contributed by atoms with Crippen LogP contribution in [0.4, 0.5) is 0 Å². The molecule has 0 unspecified atom stereocenters. The fraction of sp³-hybridized carbons (Fsp3) is 0.714. The van der Waals surface area contributed by atoms with Crippen LogP contribution < -0.4 is 0 Å². The normalized spacial score (nSPS) is 8.22. The van der Waals surface area contributed by atoms with Gasteiger partial charge in [0, 0.05) is 0 Å². The molecule has 0 spiro atoms. The predicted molar refractivity (Wildman–Crippen MR) is 46.1 cm³/mol. The lowest BCUT2D eigenvalue weighted by molar-refractivity contribution is 1.11. The monoisotopic (exact) mass is 162 g/mol. The molecular weight excluding hydrogens is 152 g/mol. The summed E-state index contributed by atoms with van der Waals surface area (Å²) in [7, 11) is 0. The van der Waals surface area contributed by atoms with Crippen LogP contribution in [0.2, 0.25) is 0 Å². The summed E-state index contributed by atoms with van der Waals surface area (Å²) >= 11 is 7.19. The Balaban J connectivity index is 2.90. The van der Waals surface area contributed by atoms with Gasteiger partial charge in [0.15, 0.2) is 0 Å². The lowest BCUT2D eigenvalue weighted by atomic mass is 10.6. The molecule has 0 radical (unpaired) electrons. The van der Waals surface area contributed by atoms with Gasteiger partial charge in [-0.25, -0.2) is 0 Å². The smallest absolute Gasteiger partial charge is 0.0835 e. The average molecular weight is 163 g/mol. The second kappa shape index (κ2) is 8.20. The highest BCUT2D eigenvalue weighted by molar-refractivity contribution is 7.99. The van der Waals surface area contributed by atoms with E-state index in [1.165, 1.54) is 12.2 Å². The van der Waals surface area contributed by atoms with Crippen LogP contribution in [0.5, 0.6) is 0 Å². The topological polar surface area (TPSA) is 0 Å². The van der Waals surface area contributed by atoms with Crippen LogP contribution >= 0.6 is 23.4 Å². The zero-order valence-corrected chi connectivity index (χ0v) is 7.19. The van der Waals surface area contributed by atoms with Gasteiger partial charge in [0.25, 0.3) is 0 Å². The maximum atomic E-state index is 5.33. The molecule has 2 heteroatoms. The van der Waals surface area contributed by atoms with Gasteiger partial charge in [-0.15, -0.1) is 23.4 Å². The largest absolute Gasteiger partial charge is 0.149 e. The Hall–Kier alpha value is 0.200. The third kappa shape index (κ3) is 8.20. The highest BCUT2D eigenvalue weighted by atomic mass is 35.5. The molecule has 9 heavy (non-hydrogen) atoms. The predicted octanol–water partition coefficient (Wildman–Crippen LogP) is 2.37. The van der Waals surface area contributed by atoms with Crippen molar-refractivity contribution in [2.75, 3.05) is 17.4 Å². The minimum Gasteiger partial charge on any atom is -0.149 e. The van der Waals surface area contributed by atoms with Crippen molar-refractivity contribution in [3.63, 3.8) is 0 Å². The van der Waals surface area contributed by atoms with Crippen molar-refractivity contribution in [2.24, 2.45) is 0 Å². The van der Waals surface area contributed by atoms with E-state index in [1.54, 1.807) is 0 Å². The van der Waals surface area contributed by atoms with Gasteiger partial charge in [-0.1, -0.05) is 18.8 Å². The third-order valence-corrected chi connectivity index (χ3v) is 1.89. The summed E-state index contributed by atoms with van der Waals surface area (Å²) in [5.74, 6) is 8.35. The van der Waals surface area contributed by atoms with E-state index in [1.807, 2.05) is 11.8 Å². The molecule has 0 heterocycles. The van der Waals surface area contributed by atoms with E-state index in [2.05, 4.69) is 18.8 Å². The number of hydrogen-bond acceptors (Lipinski definition) is 1. The van der Waals surface area contributed by atoms with Gasteiger partial charge in [0.05, 0.1) is 11.6 Å². The minimum absolute atomic E-state index is 0.465. The Morgan fingerprint density at radius 3 is 2.78 bits per heavy atom. The highest BCUT2D eigenvalue weighted by Gasteiger charge is 1.78. The summed E-state index contributed by atoms with van der Waals surface area (Å²) in [4.78, 5) is 0. The lowest BCUT2D eigenvalue weighted by Gasteiger charge is -1.87. The third-order valence-electron chi connectivity index (χ3n) is 0.715. The number of thioether (sulfide) groups is 1. The molecule has 52 valence electrons. The van der Waals surface area contributed by atoms with Crippen LogP contribution in [0.1, 0.15) is 13.3 Å². The summed E-state index contributed by atoms with van der Waals surface area (Å²) in [6.07, 6.45) is 1.23. The van der Waals surface area contributed by atoms with Crippen LogP contribution in [0, 0.1) is 11.8 Å². The van der Waals surface area contributed by atoms with Crippen LogP contribution in [0.3, 0.4) is 0 Å². The molecule has 0 aliphatic carbocycles. The Morgan fingerprint density at radius 2 is 2.22 bits per heavy atom. The van der Waals surface area contributed by atoms with Gasteiger partial charge < -0.3 is 0 Å². The van der Waals surface area contributed by atoms with E-state index in [9.17, 15) is 0 Å². The van der Waals surface area contributed by atoms with E-state index < -0.39 is 0 Å². The summed E-state index contributed by atoms with van der Waals surface area (Å²) < 4.78 is 0. The first-order valence-corrected chi connectivity index (χ1v) is 4.70. The van der Waals surface area contributed by atoms with Gasteiger partial charge in [-0.2, -0.15) is 0 Å². The van der Waals surface area contributed by atoms with Crippen LogP contribution in [0.15, 0.2) is 0 Å². The van der Waals surface area contributed by atoms with Crippen molar-refractivity contribution in [1.29, 1.82) is 0 Å². The summed E-state index contributed by atoms with van der Waals surface area (Å²) in [6, 6.07) is 0. The van der Waals surface area contributed by atoms with Gasteiger partial charge >= 0.3 is 0 Å². The minimum atomic E-state index is 0.465. The Labute approximate surface area is 66.4 Å². The maximum absolute atomic E-state index is 5.33. The van der Waals surface area contributed by atoms with E-state index in [-0.39, 0.29) is 0 Å². The molecule has 0 bridgehead atoms. The first-order chi connectivity index (χ1) is 4.41. The number of halogens is 1.